The second kappa shape index (κ2) is 4.52. The number of benzene rings is 1. The van der Waals surface area contributed by atoms with Crippen molar-refractivity contribution in [3.05, 3.63) is 53.2 Å². The molecule has 0 amide bonds. The lowest BCUT2D eigenvalue weighted by molar-refractivity contribution is 0.221. The van der Waals surface area contributed by atoms with Crippen molar-refractivity contribution in [3.8, 4) is 11.3 Å². The van der Waals surface area contributed by atoms with E-state index in [0.717, 1.165) is 17.0 Å². The van der Waals surface area contributed by atoms with Gasteiger partial charge < -0.3 is 0 Å². The Kier molecular flexibility index (Phi) is 3.20. The van der Waals surface area contributed by atoms with Gasteiger partial charge in [0.2, 0.25) is 0 Å². The summed E-state index contributed by atoms with van der Waals surface area (Å²) in [6.45, 7) is 7.16. The number of alkyl halides is 1. The summed E-state index contributed by atoms with van der Waals surface area (Å²) in [4.78, 5) is 4.54. The topological polar surface area (TPSA) is 12.9 Å². The molecule has 0 unspecified atom stereocenters. The van der Waals surface area contributed by atoms with E-state index in [1.165, 1.54) is 5.56 Å². The van der Waals surface area contributed by atoms with Gasteiger partial charge in [0.05, 0.1) is 5.69 Å². The molecule has 1 nitrogen and oxygen atoms in total. The molecule has 0 aliphatic carbocycles. The molecule has 2 rings (SSSR count). The normalized spacial score (nSPS) is 11.6. The highest BCUT2D eigenvalue weighted by Gasteiger charge is 2.19. The Morgan fingerprint density at radius 3 is 2.39 bits per heavy atom. The zero-order valence-corrected chi connectivity index (χ0v) is 11.3. The minimum absolute atomic E-state index is 0.681. The number of hydrogen-bond donors (Lipinski definition) is 0. The average Bonchev–Trinajstić information content (AvgIpc) is 2.32. The molecule has 0 saturated carbocycles. The van der Waals surface area contributed by atoms with Gasteiger partial charge in [0, 0.05) is 11.3 Å². The number of nitrogens with zero attached hydrogens (tertiary/aromatic N) is 1. The van der Waals surface area contributed by atoms with Crippen LogP contribution in [0.3, 0.4) is 0 Å². The van der Waals surface area contributed by atoms with E-state index in [9.17, 15) is 4.39 Å². The number of aryl methyl sites for hydroxylation is 2. The summed E-state index contributed by atoms with van der Waals surface area (Å²) in [5, 5.41) is 0. The van der Waals surface area contributed by atoms with Crippen LogP contribution in [0.4, 0.5) is 4.39 Å². The van der Waals surface area contributed by atoms with Crippen molar-refractivity contribution in [1.29, 1.82) is 0 Å². The van der Waals surface area contributed by atoms with Gasteiger partial charge in [0.25, 0.3) is 0 Å². The summed E-state index contributed by atoms with van der Waals surface area (Å²) < 4.78 is 13.9. The van der Waals surface area contributed by atoms with Crippen molar-refractivity contribution in [2.24, 2.45) is 0 Å². The number of rotatable bonds is 2. The smallest absolute Gasteiger partial charge is 0.130 e. The minimum Gasteiger partial charge on any atom is -0.253 e. The predicted octanol–water partition coefficient (Wildman–Crippen LogP) is 4.57. The first kappa shape index (κ1) is 12.7. The Hall–Kier alpha value is -1.70. The Morgan fingerprint density at radius 2 is 1.78 bits per heavy atom. The highest BCUT2D eigenvalue weighted by molar-refractivity contribution is 5.61. The summed E-state index contributed by atoms with van der Waals surface area (Å²) in [6, 6.07) is 11.6. The molecule has 0 N–H and O–H groups in total. The number of halogens is 1. The third kappa shape index (κ3) is 2.58. The second-order valence-corrected chi connectivity index (χ2v) is 5.15. The summed E-state index contributed by atoms with van der Waals surface area (Å²) >= 11 is 0. The molecular formula is C16H18FN. The van der Waals surface area contributed by atoms with Gasteiger partial charge in [-0.15, -0.1) is 0 Å². The van der Waals surface area contributed by atoms with E-state index in [0.29, 0.717) is 5.56 Å². The van der Waals surface area contributed by atoms with Gasteiger partial charge in [-0.1, -0.05) is 24.3 Å². The molecule has 0 spiro atoms. The van der Waals surface area contributed by atoms with E-state index in [4.69, 9.17) is 0 Å². The molecule has 2 aromatic rings. The summed E-state index contributed by atoms with van der Waals surface area (Å²) in [5.74, 6) is 0. The Balaban J connectivity index is 2.48. The Labute approximate surface area is 108 Å². The molecular weight excluding hydrogens is 225 g/mol. The first-order valence-electron chi connectivity index (χ1n) is 6.12. The van der Waals surface area contributed by atoms with Gasteiger partial charge >= 0.3 is 0 Å². The highest BCUT2D eigenvalue weighted by atomic mass is 19.1. The van der Waals surface area contributed by atoms with E-state index < -0.39 is 5.67 Å². The quantitative estimate of drug-likeness (QED) is 0.753. The van der Waals surface area contributed by atoms with Crippen molar-refractivity contribution in [1.82, 2.24) is 4.98 Å². The lowest BCUT2D eigenvalue weighted by atomic mass is 9.97. The zero-order chi connectivity index (χ0) is 13.3. The van der Waals surface area contributed by atoms with Crippen molar-refractivity contribution in [2.75, 3.05) is 0 Å². The van der Waals surface area contributed by atoms with E-state index >= 15 is 0 Å². The van der Waals surface area contributed by atoms with Gasteiger partial charge in [-0.3, -0.25) is 4.98 Å². The average molecular weight is 243 g/mol. The second-order valence-electron chi connectivity index (χ2n) is 5.15. The molecule has 18 heavy (non-hydrogen) atoms. The van der Waals surface area contributed by atoms with Crippen molar-refractivity contribution in [3.63, 3.8) is 0 Å². The van der Waals surface area contributed by atoms with Gasteiger partial charge in [-0.25, -0.2) is 4.39 Å². The van der Waals surface area contributed by atoms with Crippen LogP contribution in [-0.4, -0.2) is 4.98 Å². The van der Waals surface area contributed by atoms with Crippen molar-refractivity contribution in [2.45, 2.75) is 33.4 Å². The molecule has 0 fully saturated rings. The van der Waals surface area contributed by atoms with E-state index in [2.05, 4.69) is 4.98 Å². The molecule has 0 saturated heterocycles. The van der Waals surface area contributed by atoms with E-state index in [1.54, 1.807) is 13.8 Å². The zero-order valence-electron chi connectivity index (χ0n) is 11.3. The number of pyridine rings is 1. The molecule has 0 aliphatic rings. The van der Waals surface area contributed by atoms with E-state index in [-0.39, 0.29) is 0 Å². The molecule has 94 valence electrons. The third-order valence-corrected chi connectivity index (χ3v) is 3.19. The Morgan fingerprint density at radius 1 is 1.06 bits per heavy atom. The predicted molar refractivity (Wildman–Crippen MR) is 73.3 cm³/mol. The lowest BCUT2D eigenvalue weighted by Gasteiger charge is -2.15. The van der Waals surface area contributed by atoms with Crippen LogP contribution in [0.25, 0.3) is 11.3 Å². The van der Waals surface area contributed by atoms with Crippen LogP contribution in [0.5, 0.6) is 0 Å². The van der Waals surface area contributed by atoms with Crippen LogP contribution in [-0.2, 0) is 5.67 Å². The fourth-order valence-electron chi connectivity index (χ4n) is 1.84. The monoisotopic (exact) mass is 243 g/mol. The first-order valence-corrected chi connectivity index (χ1v) is 6.12. The van der Waals surface area contributed by atoms with Crippen LogP contribution in [0.1, 0.15) is 30.7 Å². The van der Waals surface area contributed by atoms with Crippen LogP contribution < -0.4 is 0 Å². The minimum atomic E-state index is -1.32. The molecule has 0 bridgehead atoms. The standard InChI is InChI=1S/C16H18FN/c1-11-8-9-15(18-12(11)2)13-6-5-7-14(10-13)16(3,4)17/h5-10H,1-4H3. The lowest BCUT2D eigenvalue weighted by Crippen LogP contribution is -2.08. The molecule has 1 heterocycles. The van der Waals surface area contributed by atoms with Crippen molar-refractivity contribution >= 4 is 0 Å². The van der Waals surface area contributed by atoms with Crippen LogP contribution >= 0.6 is 0 Å². The van der Waals surface area contributed by atoms with Gasteiger partial charge in [-0.05, 0) is 51.0 Å². The maximum atomic E-state index is 13.9. The van der Waals surface area contributed by atoms with Crippen LogP contribution in [0.2, 0.25) is 0 Å². The van der Waals surface area contributed by atoms with Gasteiger partial charge in [0.15, 0.2) is 0 Å². The summed E-state index contributed by atoms with van der Waals surface area (Å²) in [5.41, 5.74) is 3.39. The molecule has 0 atom stereocenters. The maximum absolute atomic E-state index is 13.9. The third-order valence-electron chi connectivity index (χ3n) is 3.19. The summed E-state index contributed by atoms with van der Waals surface area (Å²) in [7, 11) is 0. The Bertz CT molecular complexity index is 568. The molecule has 0 aliphatic heterocycles. The van der Waals surface area contributed by atoms with Gasteiger partial charge in [0.1, 0.15) is 5.67 Å². The fourth-order valence-corrected chi connectivity index (χ4v) is 1.84. The van der Waals surface area contributed by atoms with E-state index in [1.807, 2.05) is 50.2 Å². The molecule has 1 aromatic heterocycles. The number of aromatic nitrogens is 1. The fraction of sp³-hybridized carbons (Fsp3) is 0.312. The van der Waals surface area contributed by atoms with Gasteiger partial charge in [-0.2, -0.15) is 0 Å². The largest absolute Gasteiger partial charge is 0.253 e. The highest BCUT2D eigenvalue weighted by Crippen LogP contribution is 2.28. The maximum Gasteiger partial charge on any atom is 0.130 e. The summed E-state index contributed by atoms with van der Waals surface area (Å²) in [6.07, 6.45) is 0. The van der Waals surface area contributed by atoms with Crippen LogP contribution in [0.15, 0.2) is 36.4 Å². The molecule has 0 radical (unpaired) electrons. The van der Waals surface area contributed by atoms with Crippen LogP contribution in [0, 0.1) is 13.8 Å². The molecule has 2 heteroatoms. The molecule has 1 aromatic carbocycles. The number of hydrogen-bond acceptors (Lipinski definition) is 1. The van der Waals surface area contributed by atoms with Crippen molar-refractivity contribution < 1.29 is 4.39 Å². The first-order chi connectivity index (χ1) is 8.38. The SMILES string of the molecule is Cc1ccc(-c2cccc(C(C)(C)F)c2)nc1C.